The lowest BCUT2D eigenvalue weighted by molar-refractivity contribution is -0.229. The van der Waals surface area contributed by atoms with Gasteiger partial charge in [0.25, 0.3) is 10.1 Å². The molecule has 0 radical (unpaired) electrons. The van der Waals surface area contributed by atoms with Crippen molar-refractivity contribution in [2.24, 2.45) is 0 Å². The monoisotopic (exact) mass is 282 g/mol. The Hall–Kier alpha value is -0.250. The van der Waals surface area contributed by atoms with Crippen LogP contribution in [0.25, 0.3) is 0 Å². The van der Waals surface area contributed by atoms with Crippen molar-refractivity contribution in [3.05, 3.63) is 0 Å². The maximum Gasteiger partial charge on any atom is 0.264 e. The molecular formula is C10H18O7S. The van der Waals surface area contributed by atoms with Gasteiger partial charge in [-0.05, 0) is 13.8 Å². The van der Waals surface area contributed by atoms with Gasteiger partial charge >= 0.3 is 0 Å². The zero-order chi connectivity index (χ0) is 13.6. The Morgan fingerprint density at radius 1 is 1.22 bits per heavy atom. The van der Waals surface area contributed by atoms with Gasteiger partial charge in [-0.25, -0.2) is 0 Å². The summed E-state index contributed by atoms with van der Waals surface area (Å²) in [6, 6.07) is 0. The summed E-state index contributed by atoms with van der Waals surface area (Å²) < 4.78 is 48.7. The van der Waals surface area contributed by atoms with E-state index in [1.54, 1.807) is 13.8 Å². The van der Waals surface area contributed by atoms with Crippen LogP contribution in [0.3, 0.4) is 0 Å². The quantitative estimate of drug-likeness (QED) is 0.663. The predicted octanol–water partition coefficient (Wildman–Crippen LogP) is -0.146. The van der Waals surface area contributed by atoms with E-state index in [0.717, 1.165) is 6.26 Å². The van der Waals surface area contributed by atoms with E-state index >= 15 is 0 Å². The molecule has 2 aliphatic heterocycles. The van der Waals surface area contributed by atoms with Gasteiger partial charge < -0.3 is 18.9 Å². The highest BCUT2D eigenvalue weighted by molar-refractivity contribution is 7.85. The molecule has 0 amide bonds. The Balaban J connectivity index is 2.04. The second-order valence-electron chi connectivity index (χ2n) is 4.83. The number of rotatable bonds is 4. The summed E-state index contributed by atoms with van der Waals surface area (Å²) in [5.41, 5.74) is 0. The van der Waals surface area contributed by atoms with Crippen molar-refractivity contribution in [2.45, 2.75) is 44.2 Å². The van der Waals surface area contributed by atoms with E-state index in [9.17, 15) is 8.42 Å². The minimum atomic E-state index is -3.51. The fourth-order valence-electron chi connectivity index (χ4n) is 2.16. The Morgan fingerprint density at radius 2 is 1.83 bits per heavy atom. The lowest BCUT2D eigenvalue weighted by Gasteiger charge is -2.23. The highest BCUT2D eigenvalue weighted by Crippen LogP contribution is 2.38. The zero-order valence-electron chi connectivity index (χ0n) is 10.8. The van der Waals surface area contributed by atoms with Crippen LogP contribution < -0.4 is 0 Å². The number of fused-ring (bicyclic) bond motifs is 1. The summed E-state index contributed by atoms with van der Waals surface area (Å²) in [6.45, 7) is 3.46. The number of hydrogen-bond donors (Lipinski definition) is 0. The van der Waals surface area contributed by atoms with Crippen LogP contribution in [-0.4, -0.2) is 58.8 Å². The smallest absolute Gasteiger partial charge is 0.264 e. The van der Waals surface area contributed by atoms with E-state index < -0.39 is 34.4 Å². The van der Waals surface area contributed by atoms with Gasteiger partial charge in [-0.1, -0.05) is 0 Å². The molecule has 7 nitrogen and oxygen atoms in total. The first-order valence-electron chi connectivity index (χ1n) is 5.60. The minimum absolute atomic E-state index is 0.112. The van der Waals surface area contributed by atoms with Crippen LogP contribution in [0, 0.1) is 0 Å². The standard InChI is InChI=1S/C10H18O7S/c1-10(2)16-7-6(5-14-18(4,11)12)15-9(13-3)8(7)17-10/h6-9H,5H2,1-4H3. The Kier molecular flexibility index (Phi) is 3.69. The first kappa shape index (κ1) is 14.2. The second-order valence-corrected chi connectivity index (χ2v) is 6.48. The number of hydrogen-bond acceptors (Lipinski definition) is 7. The van der Waals surface area contributed by atoms with Crippen LogP contribution in [-0.2, 0) is 33.2 Å². The molecule has 106 valence electrons. The highest BCUT2D eigenvalue weighted by atomic mass is 32.2. The molecule has 8 heteroatoms. The van der Waals surface area contributed by atoms with E-state index in [4.69, 9.17) is 23.1 Å². The molecule has 4 atom stereocenters. The van der Waals surface area contributed by atoms with Crippen molar-refractivity contribution in [1.82, 2.24) is 0 Å². The molecular weight excluding hydrogens is 264 g/mol. The van der Waals surface area contributed by atoms with Crippen LogP contribution in [0.1, 0.15) is 13.8 Å². The molecule has 2 saturated heterocycles. The molecule has 0 aliphatic carbocycles. The lowest BCUT2D eigenvalue weighted by Crippen LogP contribution is -2.33. The molecule has 0 saturated carbocycles. The Labute approximate surface area is 106 Å². The molecule has 0 spiro atoms. The van der Waals surface area contributed by atoms with E-state index in [0.29, 0.717) is 0 Å². The van der Waals surface area contributed by atoms with Gasteiger partial charge in [0.2, 0.25) is 0 Å². The molecule has 2 heterocycles. The molecule has 2 aliphatic rings. The van der Waals surface area contributed by atoms with Crippen LogP contribution in [0.4, 0.5) is 0 Å². The van der Waals surface area contributed by atoms with E-state index in [-0.39, 0.29) is 12.7 Å². The molecule has 0 bridgehead atoms. The van der Waals surface area contributed by atoms with E-state index in [1.165, 1.54) is 7.11 Å². The zero-order valence-corrected chi connectivity index (χ0v) is 11.6. The van der Waals surface area contributed by atoms with E-state index in [2.05, 4.69) is 0 Å². The van der Waals surface area contributed by atoms with Crippen molar-refractivity contribution in [2.75, 3.05) is 20.0 Å². The fraction of sp³-hybridized carbons (Fsp3) is 1.00. The van der Waals surface area contributed by atoms with Crippen LogP contribution in [0.15, 0.2) is 0 Å². The van der Waals surface area contributed by atoms with Gasteiger partial charge in [0, 0.05) is 7.11 Å². The Morgan fingerprint density at radius 3 is 2.39 bits per heavy atom. The van der Waals surface area contributed by atoms with Crippen molar-refractivity contribution < 1.29 is 31.5 Å². The molecule has 4 unspecified atom stereocenters. The first-order valence-corrected chi connectivity index (χ1v) is 7.42. The fourth-order valence-corrected chi connectivity index (χ4v) is 2.54. The molecule has 2 fully saturated rings. The first-order chi connectivity index (χ1) is 8.22. The second kappa shape index (κ2) is 4.69. The molecule has 0 aromatic rings. The van der Waals surface area contributed by atoms with Gasteiger partial charge in [-0.2, -0.15) is 8.42 Å². The summed E-state index contributed by atoms with van der Waals surface area (Å²) in [4.78, 5) is 0. The summed E-state index contributed by atoms with van der Waals surface area (Å²) in [6.07, 6.45) is -0.894. The van der Waals surface area contributed by atoms with Gasteiger partial charge in [-0.3, -0.25) is 4.18 Å². The van der Waals surface area contributed by atoms with Crippen molar-refractivity contribution in [3.63, 3.8) is 0 Å². The summed E-state index contributed by atoms with van der Waals surface area (Å²) in [7, 11) is -2.01. The molecule has 0 aromatic heterocycles. The molecule has 2 rings (SSSR count). The van der Waals surface area contributed by atoms with Gasteiger partial charge in [0.15, 0.2) is 12.1 Å². The highest BCUT2D eigenvalue weighted by Gasteiger charge is 2.55. The SMILES string of the molecule is COC1OC(COS(C)(=O)=O)C2OC(C)(C)OC12. The largest absolute Gasteiger partial charge is 0.353 e. The van der Waals surface area contributed by atoms with Gasteiger partial charge in [-0.15, -0.1) is 0 Å². The van der Waals surface area contributed by atoms with Gasteiger partial charge in [0.1, 0.15) is 18.3 Å². The Bertz CT molecular complexity index is 404. The van der Waals surface area contributed by atoms with Crippen LogP contribution in [0.2, 0.25) is 0 Å². The molecule has 0 aromatic carbocycles. The molecule has 18 heavy (non-hydrogen) atoms. The van der Waals surface area contributed by atoms with Crippen molar-refractivity contribution in [1.29, 1.82) is 0 Å². The van der Waals surface area contributed by atoms with E-state index in [1.807, 2.05) is 0 Å². The minimum Gasteiger partial charge on any atom is -0.353 e. The third-order valence-electron chi connectivity index (χ3n) is 2.79. The van der Waals surface area contributed by atoms with Gasteiger partial charge in [0.05, 0.1) is 12.9 Å². The maximum absolute atomic E-state index is 11.0. The lowest BCUT2D eigenvalue weighted by atomic mass is 10.1. The topological polar surface area (TPSA) is 80.3 Å². The number of methoxy groups -OCH3 is 1. The molecule has 0 N–H and O–H groups in total. The third kappa shape index (κ3) is 3.01. The summed E-state index contributed by atoms with van der Waals surface area (Å²) >= 11 is 0. The predicted molar refractivity (Wildman–Crippen MR) is 60.3 cm³/mol. The van der Waals surface area contributed by atoms with Crippen molar-refractivity contribution in [3.8, 4) is 0 Å². The van der Waals surface area contributed by atoms with Crippen LogP contribution in [0.5, 0.6) is 0 Å². The average Bonchev–Trinajstić information content (AvgIpc) is 2.67. The normalized spacial score (nSPS) is 38.9. The average molecular weight is 282 g/mol. The number of ether oxygens (including phenoxy) is 4. The third-order valence-corrected chi connectivity index (χ3v) is 3.35. The van der Waals surface area contributed by atoms with Crippen LogP contribution >= 0.6 is 0 Å². The maximum atomic E-state index is 11.0. The van der Waals surface area contributed by atoms with Crippen molar-refractivity contribution >= 4 is 10.1 Å². The summed E-state index contributed by atoms with van der Waals surface area (Å²) in [5.74, 6) is -0.737. The summed E-state index contributed by atoms with van der Waals surface area (Å²) in [5, 5.41) is 0.